The summed E-state index contributed by atoms with van der Waals surface area (Å²) in [5.74, 6) is -3.93. The number of ether oxygens (including phenoxy) is 21. The molecule has 0 unspecified atom stereocenters. The molecule has 11 rings (SSSR count). The van der Waals surface area contributed by atoms with Crippen molar-refractivity contribution in [2.75, 3.05) is 59.5 Å². The van der Waals surface area contributed by atoms with Gasteiger partial charge in [0.1, 0.15) is 256 Å². The van der Waals surface area contributed by atoms with Crippen LogP contribution in [0.25, 0.3) is 0 Å². The Hall–Kier alpha value is -4.12. The van der Waals surface area contributed by atoms with Gasteiger partial charge in [-0.05, 0) is 13.8 Å². The topological polar surface area (TPSA) is 897 Å². The molecule has 11 aliphatic heterocycles. The van der Waals surface area contributed by atoms with Gasteiger partial charge < -0.3 is 269 Å². The SMILES string of the molecule is CC(=O)N[C@@H]1[C@@H](O[C@@H]2O[C@@H](C)[C@@H](O)[C@@H](O)[C@@H]2O)[C@H](O[C@@H]2O[C@H](CO)[C@@H](O[C@@H]3O[C@H](CO[C@H]4O[C@H](CO)[C@@H](O)[C@H](O)[C@@H]4O[C@@H]4O[C@H](CO)[C@@H](O[C@@H]5O[C@H](CO)[C@H](O)[C@H](O)[C@H]5O)[C@H](O)[C@H]4NC(C)=O)[C@@H](O)[C@H](O[C@H]4O[C@H](CO)[C@@H](O)[C@H](O)[C@@H]4O[C@@H]4O[C@H](CO)[C@@H](O[C@@H]5O[C@H](CO)[C@H](O)[C@H](O)[C@H]5O)[C@H](O)[C@H]4NC(C)=O)[C@@H]3O)[C@H](O)[C@H]2NC(C)=O)[C@@H](CO[C@@H]2O[C@@H](C)[C@@H](O)[C@@H](O)[C@@H]2O)O[C@@H]1O. The summed E-state index contributed by atoms with van der Waals surface area (Å²) < 4.78 is 126. The molecule has 0 spiro atoms. The molecule has 55 atom stereocenters. The van der Waals surface area contributed by atoms with E-state index < -0.39 is 421 Å². The highest BCUT2D eigenvalue weighted by atomic mass is 16.8. The standard InChI is InChI=1S/C74H124N4O54/c1-16-35(90)45(100)51(106)68(114-16)112-15-30-59(60(34(64(111)116-30)78-21(6)89)129-69-52(107)46(101)36(91)17(2)115-69)128-65-31(75-18(3)86)42(97)58(28(13-85)121-65)127-72-55(110)61(130-74-63(50(105)40(95)25(10-82)120-74)132-67-33(77-20(5)88)44(99)57(27(12-84)123-67)126-71-54(109)48(103)38(93)23(8-80)118-71)41(96)29(124-72)14-113-73-62(49(104)39(94)24(9-81)119-73)131-66-32(76-19(4)87)43(98)56(26(11-83)122-66)125-70-53(108)47(102)37(92)22(7-79)117-70/h16-17,22-74,79-85,90-111H,7-15H2,1-6H3,(H,75,86)(H,76,87)(H,77,88)(H,78,89)/t16-,17-,22+,23+,24+,25+,26+,27+,28+,29+,30+,31+,32+,33+,34+,35+,36+,37-,38-,39+,40+,41+,42+,43+,44+,45+,46+,47-,48-,49-,50-,51-,52-,53+,54+,55-,56+,57+,58+,59+,60+,61-,62-,63-,64-,65-,66-,67-,68+,69-,70-,71-,72-,73-,74+/m0/s1. The highest BCUT2D eigenvalue weighted by Gasteiger charge is 2.63. The molecule has 0 radical (unpaired) electrons. The Morgan fingerprint density at radius 2 is 0.477 bits per heavy atom. The zero-order chi connectivity index (χ0) is 97.1. The number of carbonyl (C=O) groups excluding carboxylic acids is 4. The van der Waals surface area contributed by atoms with Crippen LogP contribution >= 0.6 is 0 Å². The van der Waals surface area contributed by atoms with Gasteiger partial charge in [-0.2, -0.15) is 0 Å². The van der Waals surface area contributed by atoms with E-state index in [0.717, 1.165) is 27.7 Å². The predicted molar refractivity (Wildman–Crippen MR) is 406 cm³/mol. The highest BCUT2D eigenvalue weighted by Crippen LogP contribution is 2.42. The van der Waals surface area contributed by atoms with E-state index in [1.165, 1.54) is 13.8 Å². The van der Waals surface area contributed by atoms with Crippen molar-refractivity contribution in [1.82, 2.24) is 21.3 Å². The van der Waals surface area contributed by atoms with Gasteiger partial charge in [-0.3, -0.25) is 19.2 Å². The zero-order valence-corrected chi connectivity index (χ0v) is 71.3. The second-order valence-corrected chi connectivity index (χ2v) is 33.8. The van der Waals surface area contributed by atoms with E-state index >= 15 is 0 Å². The van der Waals surface area contributed by atoms with Gasteiger partial charge in [0, 0.05) is 27.7 Å². The maximum absolute atomic E-state index is 13.6. The van der Waals surface area contributed by atoms with Gasteiger partial charge in [-0.15, -0.1) is 0 Å². The van der Waals surface area contributed by atoms with Crippen molar-refractivity contribution < 1.29 is 267 Å². The van der Waals surface area contributed by atoms with Crippen LogP contribution in [0.5, 0.6) is 0 Å². The lowest BCUT2D eigenvalue weighted by molar-refractivity contribution is -0.400. The minimum Gasteiger partial charge on any atom is -0.394 e. The normalized spacial score (nSPS) is 50.4. The van der Waals surface area contributed by atoms with Gasteiger partial charge >= 0.3 is 0 Å². The van der Waals surface area contributed by atoms with Crippen LogP contribution in [0.4, 0.5) is 0 Å². The van der Waals surface area contributed by atoms with Gasteiger partial charge in [0.15, 0.2) is 69.2 Å². The highest BCUT2D eigenvalue weighted by molar-refractivity contribution is 5.74. The molecular weight excluding hydrogens is 1810 g/mol. The minimum atomic E-state index is -2.68. The van der Waals surface area contributed by atoms with E-state index in [1.807, 2.05) is 0 Å². The van der Waals surface area contributed by atoms with Crippen LogP contribution < -0.4 is 21.3 Å². The average molecular weight is 1930 g/mol. The van der Waals surface area contributed by atoms with Gasteiger partial charge in [-0.1, -0.05) is 0 Å². The van der Waals surface area contributed by atoms with E-state index in [4.69, 9.17) is 99.5 Å². The zero-order valence-electron chi connectivity index (χ0n) is 71.3. The second kappa shape index (κ2) is 47.0. The first-order chi connectivity index (χ1) is 62.4. The van der Waals surface area contributed by atoms with Gasteiger partial charge in [0.25, 0.3) is 0 Å². The minimum absolute atomic E-state index is 0.891. The first kappa shape index (κ1) is 108. The van der Waals surface area contributed by atoms with Gasteiger partial charge in [-0.25, -0.2) is 0 Å². The largest absolute Gasteiger partial charge is 0.394 e. The van der Waals surface area contributed by atoms with Crippen molar-refractivity contribution in [3.63, 3.8) is 0 Å². The van der Waals surface area contributed by atoms with Gasteiger partial charge in [0.2, 0.25) is 23.6 Å². The van der Waals surface area contributed by atoms with Crippen LogP contribution in [0, 0.1) is 0 Å². The molecule has 0 aromatic heterocycles. The van der Waals surface area contributed by atoms with Crippen LogP contribution in [0.1, 0.15) is 41.5 Å². The molecule has 4 amide bonds. The number of aliphatic hydroxyl groups excluding tert-OH is 29. The fraction of sp³-hybridized carbons (Fsp3) is 0.946. The maximum Gasteiger partial charge on any atom is 0.217 e. The molecule has 0 bridgehead atoms. The van der Waals surface area contributed by atoms with Crippen LogP contribution in [-0.2, 0) is 119 Å². The lowest BCUT2D eigenvalue weighted by Crippen LogP contribution is -2.71. The summed E-state index contributed by atoms with van der Waals surface area (Å²) in [5.41, 5.74) is 0. The van der Waals surface area contributed by atoms with Crippen molar-refractivity contribution in [2.45, 2.75) is 379 Å². The summed E-state index contributed by atoms with van der Waals surface area (Å²) in [7, 11) is 0. The van der Waals surface area contributed by atoms with Crippen molar-refractivity contribution >= 4 is 23.6 Å². The quantitative estimate of drug-likeness (QED) is 0.0290. The first-order valence-electron chi connectivity index (χ1n) is 42.4. The third-order valence-electron chi connectivity index (χ3n) is 24.5. The number of hydrogen-bond acceptors (Lipinski definition) is 54. The Balaban J connectivity index is 0.947. The number of nitrogens with one attached hydrogen (secondary N) is 4. The fourth-order valence-electron chi connectivity index (χ4n) is 17.2. The van der Waals surface area contributed by atoms with E-state index in [2.05, 4.69) is 21.3 Å². The average Bonchev–Trinajstić information content (AvgIpc) is 0.762. The Morgan fingerprint density at radius 1 is 0.212 bits per heavy atom. The Kier molecular flexibility index (Phi) is 38.5. The molecule has 33 N–H and O–H groups in total. The molecule has 11 fully saturated rings. The molecular formula is C74H124N4O54. The molecule has 0 saturated carbocycles. The smallest absolute Gasteiger partial charge is 0.217 e. The molecule has 11 aliphatic rings. The van der Waals surface area contributed by atoms with Crippen molar-refractivity contribution in [3.8, 4) is 0 Å². The summed E-state index contributed by atoms with van der Waals surface area (Å²) in [6.45, 7) is -4.02. The van der Waals surface area contributed by atoms with Crippen molar-refractivity contribution in [3.05, 3.63) is 0 Å². The summed E-state index contributed by atoms with van der Waals surface area (Å²) in [5, 5.41) is 335. The Labute approximate surface area is 748 Å². The van der Waals surface area contributed by atoms with Crippen LogP contribution in [-0.4, -0.2) is 569 Å². The van der Waals surface area contributed by atoms with E-state index in [9.17, 15) is 167 Å². The Bertz CT molecular complexity index is 3610. The molecule has 764 valence electrons. The molecule has 11 saturated heterocycles. The molecule has 11 heterocycles. The number of aliphatic hydroxyl groups is 29. The lowest BCUT2D eigenvalue weighted by atomic mass is 9.93. The summed E-state index contributed by atoms with van der Waals surface area (Å²) in [6, 6.07) is -7.97. The monoisotopic (exact) mass is 1930 g/mol. The van der Waals surface area contributed by atoms with Crippen LogP contribution in [0.3, 0.4) is 0 Å². The maximum atomic E-state index is 13.6. The summed E-state index contributed by atoms with van der Waals surface area (Å²) in [4.78, 5) is 52.7. The van der Waals surface area contributed by atoms with Crippen LogP contribution in [0.2, 0.25) is 0 Å². The van der Waals surface area contributed by atoms with E-state index in [0.29, 0.717) is 0 Å². The fourth-order valence-corrected chi connectivity index (χ4v) is 17.2. The lowest BCUT2D eigenvalue weighted by Gasteiger charge is -2.52. The molecule has 58 nitrogen and oxygen atoms in total. The number of carbonyl (C=O) groups is 4. The molecule has 0 aromatic carbocycles. The van der Waals surface area contributed by atoms with Crippen LogP contribution in [0.15, 0.2) is 0 Å². The molecule has 0 aliphatic carbocycles. The van der Waals surface area contributed by atoms with Crippen molar-refractivity contribution in [1.29, 1.82) is 0 Å². The number of amides is 4. The number of hydrogen-bond donors (Lipinski definition) is 33. The third kappa shape index (κ3) is 23.7. The van der Waals surface area contributed by atoms with E-state index in [-0.39, 0.29) is 0 Å². The van der Waals surface area contributed by atoms with Gasteiger partial charge in [0.05, 0.1) is 71.7 Å². The Morgan fingerprint density at radius 3 is 0.864 bits per heavy atom. The molecule has 58 heteroatoms. The van der Waals surface area contributed by atoms with Crippen molar-refractivity contribution in [2.24, 2.45) is 0 Å². The third-order valence-corrected chi connectivity index (χ3v) is 24.5. The first-order valence-corrected chi connectivity index (χ1v) is 42.4. The number of rotatable bonds is 33. The summed E-state index contributed by atoms with van der Waals surface area (Å²) in [6.07, 6.45) is -107. The summed E-state index contributed by atoms with van der Waals surface area (Å²) >= 11 is 0. The van der Waals surface area contributed by atoms with E-state index in [1.54, 1.807) is 0 Å². The second-order valence-electron chi connectivity index (χ2n) is 33.8. The molecule has 0 aromatic rings. The molecule has 132 heavy (non-hydrogen) atoms. The predicted octanol–water partition coefficient (Wildman–Crippen LogP) is -22.3.